The van der Waals surface area contributed by atoms with E-state index in [2.05, 4.69) is 9.97 Å². The average Bonchev–Trinajstić information content (AvgIpc) is 3.14. The number of nitrogens with one attached hydrogen (secondary N) is 1. The third-order valence-corrected chi connectivity index (χ3v) is 4.41. The molecule has 2 aromatic heterocycles. The van der Waals surface area contributed by atoms with Crippen LogP contribution in [0.25, 0.3) is 11.1 Å². The maximum absolute atomic E-state index is 13.3. The molecule has 0 aliphatic rings. The number of rotatable bonds is 10. The summed E-state index contributed by atoms with van der Waals surface area (Å²) < 4.78 is 19.1. The van der Waals surface area contributed by atoms with Crippen molar-refractivity contribution >= 4 is 28.8 Å². The first-order chi connectivity index (χ1) is 13.7. The van der Waals surface area contributed by atoms with E-state index >= 15 is 0 Å². The normalized spacial score (nSPS) is 10.9. The number of halogens is 1. The molecule has 148 valence electrons. The topological polar surface area (TPSA) is 91.5 Å². The average molecular weight is 386 g/mol. The number of pyridine rings is 1. The fourth-order valence-electron chi connectivity index (χ4n) is 2.95. The molecule has 3 aromatic rings. The van der Waals surface area contributed by atoms with Crippen LogP contribution in [-0.4, -0.2) is 27.6 Å². The molecule has 0 aliphatic heterocycles. The van der Waals surface area contributed by atoms with Gasteiger partial charge in [0.1, 0.15) is 17.2 Å². The first kappa shape index (κ1) is 19.8. The first-order valence-corrected chi connectivity index (χ1v) is 9.35. The Kier molecular flexibility index (Phi) is 6.91. The summed E-state index contributed by atoms with van der Waals surface area (Å²) in [7, 11) is 0. The number of unbranched alkanes of at least 4 members (excludes halogenated alkanes) is 4. The second-order valence-corrected chi connectivity index (χ2v) is 6.50. The third-order valence-electron chi connectivity index (χ3n) is 4.41. The number of anilines is 2. The number of hydrogen-bond donors (Lipinski definition) is 2. The highest BCUT2D eigenvalue weighted by atomic mass is 19.1. The summed E-state index contributed by atoms with van der Waals surface area (Å²) in [4.78, 5) is 21.5. The molecule has 0 bridgehead atoms. The Morgan fingerprint density at radius 2 is 1.89 bits per heavy atom. The van der Waals surface area contributed by atoms with E-state index in [1.54, 1.807) is 11.5 Å². The minimum Gasteiger partial charge on any atom is -0.423 e. The van der Waals surface area contributed by atoms with Crippen LogP contribution in [0.5, 0.6) is 0 Å². The van der Waals surface area contributed by atoms with Gasteiger partial charge in [0.25, 0.3) is 0 Å². The number of oxazole rings is 1. The zero-order chi connectivity index (χ0) is 19.8. The van der Waals surface area contributed by atoms with Gasteiger partial charge < -0.3 is 4.42 Å². The molecule has 0 aliphatic carbocycles. The third kappa shape index (κ3) is 5.26. The summed E-state index contributed by atoms with van der Waals surface area (Å²) >= 11 is 0. The van der Waals surface area contributed by atoms with Gasteiger partial charge in [-0.2, -0.15) is 4.98 Å². The molecule has 0 saturated carbocycles. The Labute approximate surface area is 162 Å². The fraction of sp³-hybridized carbons (Fsp3) is 0.350. The Hall–Kier alpha value is -3.00. The standard InChI is InChI=1S/C20H23FN4O3/c21-15-11-12-18(22-14-15)25(13-7-3-1-2-4-10-19(26)24-27)20-23-16-8-5-6-9-17(16)28-20/h5-6,8-9,11-12,14,27H,1-4,7,10,13H2,(H,24,26). The number of carbonyl (C=O) groups excluding carboxylic acids is 1. The maximum atomic E-state index is 13.3. The smallest absolute Gasteiger partial charge is 0.304 e. The number of fused-ring (bicyclic) bond motifs is 1. The van der Waals surface area contributed by atoms with Crippen molar-refractivity contribution < 1.29 is 18.8 Å². The Bertz CT molecular complexity index is 865. The summed E-state index contributed by atoms with van der Waals surface area (Å²) in [6, 6.07) is 10.9. The van der Waals surface area contributed by atoms with E-state index in [4.69, 9.17) is 9.62 Å². The number of amides is 1. The van der Waals surface area contributed by atoms with Crippen molar-refractivity contribution in [2.45, 2.75) is 38.5 Å². The van der Waals surface area contributed by atoms with Crippen molar-refractivity contribution in [2.75, 3.05) is 11.4 Å². The van der Waals surface area contributed by atoms with E-state index in [0.717, 1.165) is 37.6 Å². The molecular formula is C20H23FN4O3. The largest absolute Gasteiger partial charge is 0.423 e. The van der Waals surface area contributed by atoms with Crippen LogP contribution >= 0.6 is 0 Å². The zero-order valence-electron chi connectivity index (χ0n) is 15.5. The van der Waals surface area contributed by atoms with Crippen LogP contribution in [0.2, 0.25) is 0 Å². The van der Waals surface area contributed by atoms with Gasteiger partial charge in [0.05, 0.1) is 6.20 Å². The van der Waals surface area contributed by atoms with Gasteiger partial charge >= 0.3 is 6.01 Å². The number of para-hydroxylation sites is 2. The van der Waals surface area contributed by atoms with E-state index in [0.29, 0.717) is 30.4 Å². The van der Waals surface area contributed by atoms with Gasteiger partial charge in [-0.3, -0.25) is 14.9 Å². The predicted octanol–water partition coefficient (Wildman–Crippen LogP) is 4.35. The van der Waals surface area contributed by atoms with Gasteiger partial charge in [-0.05, 0) is 37.1 Å². The van der Waals surface area contributed by atoms with Crippen LogP contribution < -0.4 is 10.4 Å². The highest BCUT2D eigenvalue weighted by molar-refractivity contribution is 5.75. The van der Waals surface area contributed by atoms with Gasteiger partial charge in [-0.1, -0.05) is 31.4 Å². The monoisotopic (exact) mass is 386 g/mol. The Morgan fingerprint density at radius 3 is 2.64 bits per heavy atom. The molecule has 0 unspecified atom stereocenters. The Morgan fingerprint density at radius 1 is 1.11 bits per heavy atom. The molecule has 28 heavy (non-hydrogen) atoms. The van der Waals surface area contributed by atoms with Crippen LogP contribution in [0.1, 0.15) is 38.5 Å². The van der Waals surface area contributed by atoms with Crippen molar-refractivity contribution in [1.29, 1.82) is 0 Å². The molecule has 3 rings (SSSR count). The predicted molar refractivity (Wildman–Crippen MR) is 103 cm³/mol. The maximum Gasteiger partial charge on any atom is 0.304 e. The highest BCUT2D eigenvalue weighted by Gasteiger charge is 2.17. The van der Waals surface area contributed by atoms with E-state index in [1.165, 1.54) is 12.3 Å². The molecule has 8 heteroatoms. The van der Waals surface area contributed by atoms with Crippen LogP contribution in [-0.2, 0) is 4.79 Å². The molecule has 0 saturated heterocycles. The lowest BCUT2D eigenvalue weighted by molar-refractivity contribution is -0.129. The van der Waals surface area contributed by atoms with Gasteiger partial charge in [0.15, 0.2) is 5.58 Å². The van der Waals surface area contributed by atoms with Crippen LogP contribution in [0, 0.1) is 5.82 Å². The summed E-state index contributed by atoms with van der Waals surface area (Å²) in [6.07, 6.45) is 5.94. The van der Waals surface area contributed by atoms with Gasteiger partial charge in [-0.25, -0.2) is 14.9 Å². The number of hydrogen-bond acceptors (Lipinski definition) is 6. The minimum absolute atomic E-state index is 0.324. The molecule has 0 spiro atoms. The summed E-state index contributed by atoms with van der Waals surface area (Å²) in [6.45, 7) is 0.628. The summed E-state index contributed by atoms with van der Waals surface area (Å²) in [5, 5.41) is 8.47. The molecule has 7 nitrogen and oxygen atoms in total. The molecule has 1 aromatic carbocycles. The van der Waals surface area contributed by atoms with Crippen LogP contribution in [0.4, 0.5) is 16.2 Å². The molecular weight excluding hydrogens is 363 g/mol. The first-order valence-electron chi connectivity index (χ1n) is 9.35. The number of aromatic nitrogens is 2. The van der Waals surface area contributed by atoms with Crippen molar-refractivity contribution in [3.8, 4) is 0 Å². The van der Waals surface area contributed by atoms with Crippen molar-refractivity contribution in [2.24, 2.45) is 0 Å². The highest BCUT2D eigenvalue weighted by Crippen LogP contribution is 2.27. The van der Waals surface area contributed by atoms with Gasteiger partial charge in [0.2, 0.25) is 5.91 Å². The van der Waals surface area contributed by atoms with E-state index in [9.17, 15) is 9.18 Å². The number of nitrogens with zero attached hydrogens (tertiary/aromatic N) is 3. The summed E-state index contributed by atoms with van der Waals surface area (Å²) in [5.41, 5.74) is 3.08. The lowest BCUT2D eigenvalue weighted by Crippen LogP contribution is -2.20. The zero-order valence-corrected chi connectivity index (χ0v) is 15.5. The quantitative estimate of drug-likeness (QED) is 0.306. The fourth-order valence-corrected chi connectivity index (χ4v) is 2.95. The van der Waals surface area contributed by atoms with E-state index in [1.807, 2.05) is 29.2 Å². The van der Waals surface area contributed by atoms with E-state index < -0.39 is 5.82 Å². The summed E-state index contributed by atoms with van der Waals surface area (Å²) in [5.74, 6) is -0.176. The Balaban J connectivity index is 1.61. The van der Waals surface area contributed by atoms with Crippen LogP contribution in [0.15, 0.2) is 47.0 Å². The van der Waals surface area contributed by atoms with Gasteiger partial charge in [-0.15, -0.1) is 0 Å². The molecule has 1 amide bonds. The number of benzene rings is 1. The van der Waals surface area contributed by atoms with Crippen molar-refractivity contribution in [3.63, 3.8) is 0 Å². The lowest BCUT2D eigenvalue weighted by Gasteiger charge is -2.19. The minimum atomic E-state index is -0.395. The second-order valence-electron chi connectivity index (χ2n) is 6.50. The van der Waals surface area contributed by atoms with E-state index in [-0.39, 0.29) is 5.91 Å². The number of carbonyl (C=O) groups is 1. The lowest BCUT2D eigenvalue weighted by atomic mass is 10.1. The SMILES string of the molecule is O=C(CCCCCCCN(c1ccc(F)cn1)c1nc2ccccc2o1)NO. The number of hydroxylamine groups is 1. The van der Waals surface area contributed by atoms with Crippen molar-refractivity contribution in [1.82, 2.24) is 15.4 Å². The molecule has 2 heterocycles. The van der Waals surface area contributed by atoms with Crippen molar-refractivity contribution in [3.05, 3.63) is 48.4 Å². The van der Waals surface area contributed by atoms with Crippen LogP contribution in [0.3, 0.4) is 0 Å². The molecule has 0 fully saturated rings. The molecule has 2 N–H and O–H groups in total. The second kappa shape index (κ2) is 9.80. The van der Waals surface area contributed by atoms with Gasteiger partial charge in [0, 0.05) is 13.0 Å². The molecule has 0 atom stereocenters. The molecule has 0 radical (unpaired) electrons.